The molecule has 0 spiro atoms. The van der Waals surface area contributed by atoms with Crippen LogP contribution in [0.3, 0.4) is 0 Å². The van der Waals surface area contributed by atoms with Crippen molar-refractivity contribution >= 4 is 11.6 Å². The molecule has 0 fully saturated rings. The zero-order chi connectivity index (χ0) is 22.3. The number of hydrogen-bond acceptors (Lipinski definition) is 2. The molecular weight excluding hydrogens is 380 g/mol. The summed E-state index contributed by atoms with van der Waals surface area (Å²) in [6.07, 6.45) is 15.0. The average molecular weight is 421 g/mol. The number of aryl methyl sites for hydroxylation is 1. The number of benzene rings is 2. The Labute approximate surface area is 189 Å². The molecule has 2 rings (SSSR count). The standard InChI is InChI=1S/C29H40O2/c1-3-5-6-7-8-9-10-11-12-14-17-24-20-22-26(23-21-24)29(31)27(4-2)28(30)25-18-15-13-16-19-25/h13,15-16,18-23,27H,3-12,14,17H2,1-2H3. The summed E-state index contributed by atoms with van der Waals surface area (Å²) in [5, 5.41) is 0. The fourth-order valence-corrected chi connectivity index (χ4v) is 4.15. The molecule has 0 aliphatic carbocycles. The van der Waals surface area contributed by atoms with Gasteiger partial charge in [0.05, 0.1) is 5.92 Å². The van der Waals surface area contributed by atoms with Gasteiger partial charge in [0.2, 0.25) is 0 Å². The Morgan fingerprint density at radius 2 is 1.10 bits per heavy atom. The van der Waals surface area contributed by atoms with E-state index in [1.54, 1.807) is 12.1 Å². The molecule has 168 valence electrons. The third kappa shape index (κ3) is 8.81. The van der Waals surface area contributed by atoms with Crippen molar-refractivity contribution < 1.29 is 9.59 Å². The minimum absolute atomic E-state index is 0.0677. The first kappa shape index (κ1) is 25.0. The molecular formula is C29H40O2. The van der Waals surface area contributed by atoms with E-state index in [0.717, 1.165) is 6.42 Å². The fourth-order valence-electron chi connectivity index (χ4n) is 4.15. The van der Waals surface area contributed by atoms with E-state index in [-0.39, 0.29) is 11.6 Å². The van der Waals surface area contributed by atoms with Crippen LogP contribution in [-0.4, -0.2) is 11.6 Å². The van der Waals surface area contributed by atoms with Gasteiger partial charge in [-0.25, -0.2) is 0 Å². The molecule has 0 aliphatic heterocycles. The molecule has 0 bridgehead atoms. The van der Waals surface area contributed by atoms with E-state index in [9.17, 15) is 9.59 Å². The van der Waals surface area contributed by atoms with Crippen molar-refractivity contribution in [3.63, 3.8) is 0 Å². The Bertz CT molecular complexity index is 761. The first-order chi connectivity index (χ1) is 15.2. The van der Waals surface area contributed by atoms with Gasteiger partial charge >= 0.3 is 0 Å². The normalized spacial score (nSPS) is 11.9. The molecule has 0 saturated heterocycles. The zero-order valence-electron chi connectivity index (χ0n) is 19.6. The van der Waals surface area contributed by atoms with Crippen LogP contribution in [0, 0.1) is 5.92 Å². The van der Waals surface area contributed by atoms with Gasteiger partial charge in [-0.15, -0.1) is 0 Å². The second-order valence-electron chi connectivity index (χ2n) is 8.68. The molecule has 2 aromatic rings. The van der Waals surface area contributed by atoms with Gasteiger partial charge in [0.25, 0.3) is 0 Å². The lowest BCUT2D eigenvalue weighted by Crippen LogP contribution is -2.23. The van der Waals surface area contributed by atoms with Gasteiger partial charge in [0.1, 0.15) is 0 Å². The van der Waals surface area contributed by atoms with E-state index < -0.39 is 5.92 Å². The lowest BCUT2D eigenvalue weighted by molar-refractivity contribution is 0.0804. The second-order valence-corrected chi connectivity index (χ2v) is 8.68. The molecule has 0 saturated carbocycles. The number of hydrogen-bond donors (Lipinski definition) is 0. The van der Waals surface area contributed by atoms with E-state index in [1.165, 1.54) is 69.8 Å². The highest BCUT2D eigenvalue weighted by Gasteiger charge is 2.26. The molecule has 0 amide bonds. The average Bonchev–Trinajstić information content (AvgIpc) is 2.81. The molecule has 1 unspecified atom stereocenters. The number of unbranched alkanes of at least 4 members (excludes halogenated alkanes) is 9. The zero-order valence-corrected chi connectivity index (χ0v) is 19.6. The van der Waals surface area contributed by atoms with Crippen LogP contribution >= 0.6 is 0 Å². The van der Waals surface area contributed by atoms with Crippen molar-refractivity contribution in [1.82, 2.24) is 0 Å². The van der Waals surface area contributed by atoms with Crippen LogP contribution in [0.25, 0.3) is 0 Å². The maximum absolute atomic E-state index is 12.9. The van der Waals surface area contributed by atoms with Gasteiger partial charge in [0, 0.05) is 11.1 Å². The summed E-state index contributed by atoms with van der Waals surface area (Å²) in [6.45, 7) is 4.17. The molecule has 2 nitrogen and oxygen atoms in total. The minimum Gasteiger partial charge on any atom is -0.293 e. The highest BCUT2D eigenvalue weighted by atomic mass is 16.1. The molecule has 0 aromatic heterocycles. The van der Waals surface area contributed by atoms with Crippen LogP contribution in [0.15, 0.2) is 54.6 Å². The third-order valence-corrected chi connectivity index (χ3v) is 6.16. The molecule has 1 atom stereocenters. The van der Waals surface area contributed by atoms with Gasteiger partial charge in [-0.1, -0.05) is 126 Å². The fraction of sp³-hybridized carbons (Fsp3) is 0.517. The highest BCUT2D eigenvalue weighted by molar-refractivity contribution is 6.16. The van der Waals surface area contributed by atoms with E-state index in [2.05, 4.69) is 19.1 Å². The molecule has 31 heavy (non-hydrogen) atoms. The smallest absolute Gasteiger partial charge is 0.173 e. The minimum atomic E-state index is -0.602. The monoisotopic (exact) mass is 420 g/mol. The summed E-state index contributed by atoms with van der Waals surface area (Å²) in [4.78, 5) is 25.7. The predicted octanol–water partition coefficient (Wildman–Crippen LogP) is 8.24. The van der Waals surface area contributed by atoms with Crippen LogP contribution in [-0.2, 0) is 6.42 Å². The quantitative estimate of drug-likeness (QED) is 0.156. The van der Waals surface area contributed by atoms with Crippen molar-refractivity contribution in [1.29, 1.82) is 0 Å². The largest absolute Gasteiger partial charge is 0.293 e. The Balaban J connectivity index is 1.73. The summed E-state index contributed by atoms with van der Waals surface area (Å²) < 4.78 is 0. The Morgan fingerprint density at radius 1 is 0.613 bits per heavy atom. The number of carbonyl (C=O) groups is 2. The topological polar surface area (TPSA) is 34.1 Å². The van der Waals surface area contributed by atoms with E-state index in [4.69, 9.17) is 0 Å². The molecule has 0 heterocycles. The lowest BCUT2D eigenvalue weighted by atomic mass is 9.88. The van der Waals surface area contributed by atoms with Gasteiger partial charge in [-0.3, -0.25) is 9.59 Å². The van der Waals surface area contributed by atoms with E-state index >= 15 is 0 Å². The maximum atomic E-state index is 12.9. The van der Waals surface area contributed by atoms with Gasteiger partial charge in [-0.05, 0) is 24.8 Å². The van der Waals surface area contributed by atoms with E-state index in [0.29, 0.717) is 17.5 Å². The van der Waals surface area contributed by atoms with Crippen LogP contribution in [0.1, 0.15) is 111 Å². The SMILES string of the molecule is CCCCCCCCCCCCc1ccc(C(=O)C(CC)C(=O)c2ccccc2)cc1. The predicted molar refractivity (Wildman–Crippen MR) is 131 cm³/mol. The van der Waals surface area contributed by atoms with Gasteiger partial charge in [0.15, 0.2) is 11.6 Å². The summed E-state index contributed by atoms with van der Waals surface area (Å²) in [5.74, 6) is -0.750. The summed E-state index contributed by atoms with van der Waals surface area (Å²) in [7, 11) is 0. The number of carbonyl (C=O) groups excluding carboxylic acids is 2. The highest BCUT2D eigenvalue weighted by Crippen LogP contribution is 2.19. The van der Waals surface area contributed by atoms with Crippen molar-refractivity contribution in [2.24, 2.45) is 5.92 Å². The van der Waals surface area contributed by atoms with Crippen molar-refractivity contribution in [3.8, 4) is 0 Å². The van der Waals surface area contributed by atoms with E-state index in [1.807, 2.05) is 37.3 Å². The summed E-state index contributed by atoms with van der Waals surface area (Å²) >= 11 is 0. The molecule has 2 aromatic carbocycles. The molecule has 0 radical (unpaired) electrons. The lowest BCUT2D eigenvalue weighted by Gasteiger charge is -2.13. The number of rotatable bonds is 16. The third-order valence-electron chi connectivity index (χ3n) is 6.16. The first-order valence-electron chi connectivity index (χ1n) is 12.4. The van der Waals surface area contributed by atoms with Crippen LogP contribution in [0.4, 0.5) is 0 Å². The Kier molecular flexibility index (Phi) is 11.9. The van der Waals surface area contributed by atoms with Gasteiger partial charge < -0.3 is 0 Å². The first-order valence-corrected chi connectivity index (χ1v) is 12.4. The van der Waals surface area contributed by atoms with Crippen molar-refractivity contribution in [2.45, 2.75) is 90.9 Å². The van der Waals surface area contributed by atoms with Crippen molar-refractivity contribution in [3.05, 3.63) is 71.3 Å². The van der Waals surface area contributed by atoms with Crippen LogP contribution < -0.4 is 0 Å². The summed E-state index contributed by atoms with van der Waals surface area (Å²) in [5.41, 5.74) is 2.53. The number of Topliss-reactive ketones (excluding diaryl/α,β-unsaturated/α-hetero) is 2. The maximum Gasteiger partial charge on any atom is 0.173 e. The Hall–Kier alpha value is -2.22. The number of ketones is 2. The molecule has 2 heteroatoms. The van der Waals surface area contributed by atoms with Crippen LogP contribution in [0.5, 0.6) is 0 Å². The summed E-state index contributed by atoms with van der Waals surface area (Å²) in [6, 6.07) is 17.0. The van der Waals surface area contributed by atoms with Crippen LogP contribution in [0.2, 0.25) is 0 Å². The van der Waals surface area contributed by atoms with Crippen molar-refractivity contribution in [2.75, 3.05) is 0 Å². The Morgan fingerprint density at radius 3 is 1.61 bits per heavy atom. The van der Waals surface area contributed by atoms with Gasteiger partial charge in [-0.2, -0.15) is 0 Å². The molecule has 0 N–H and O–H groups in total. The second kappa shape index (κ2) is 14.7. The molecule has 0 aliphatic rings.